The summed E-state index contributed by atoms with van der Waals surface area (Å²) in [5.41, 5.74) is 1.93. The van der Waals surface area contributed by atoms with Crippen molar-refractivity contribution in [1.82, 2.24) is 19.9 Å². The van der Waals surface area contributed by atoms with Gasteiger partial charge >= 0.3 is 0 Å². The number of nitrogens with one attached hydrogen (secondary N) is 1. The fourth-order valence-corrected chi connectivity index (χ4v) is 2.85. The zero-order valence-electron chi connectivity index (χ0n) is 13.9. The van der Waals surface area contributed by atoms with Crippen molar-refractivity contribution in [2.75, 3.05) is 25.6 Å². The molecule has 7 nitrogen and oxygen atoms in total. The summed E-state index contributed by atoms with van der Waals surface area (Å²) in [5, 5.41) is 3.10. The van der Waals surface area contributed by atoms with Crippen molar-refractivity contribution in [3.63, 3.8) is 0 Å². The number of hydrogen-bond acceptors (Lipinski definition) is 6. The quantitative estimate of drug-likeness (QED) is 0.907. The second-order valence-corrected chi connectivity index (χ2v) is 5.83. The van der Waals surface area contributed by atoms with Crippen LogP contribution >= 0.6 is 0 Å². The number of methoxy groups -OCH3 is 1. The second-order valence-electron chi connectivity index (χ2n) is 5.83. The maximum Gasteiger partial charge on any atom is 0.249 e. The first kappa shape index (κ1) is 16.3. The van der Waals surface area contributed by atoms with Crippen LogP contribution in [0, 0.1) is 6.92 Å². The van der Waals surface area contributed by atoms with E-state index in [-0.39, 0.29) is 18.6 Å². The highest BCUT2D eigenvalue weighted by atomic mass is 16.5. The molecule has 0 unspecified atom stereocenters. The van der Waals surface area contributed by atoms with E-state index < -0.39 is 0 Å². The highest BCUT2D eigenvalue weighted by molar-refractivity contribution is 5.78. The first-order chi connectivity index (χ1) is 11.7. The van der Waals surface area contributed by atoms with E-state index >= 15 is 0 Å². The SMILES string of the molecule is COCC(=O)N1CCC[C@@H]1c1ccnc(Nc2ccc(C)cn2)n1. The van der Waals surface area contributed by atoms with Crippen LogP contribution in [-0.2, 0) is 9.53 Å². The van der Waals surface area contributed by atoms with Gasteiger partial charge in [-0.15, -0.1) is 0 Å². The Bertz CT molecular complexity index is 704. The van der Waals surface area contributed by atoms with Crippen molar-refractivity contribution in [2.24, 2.45) is 0 Å². The molecule has 0 aliphatic carbocycles. The van der Waals surface area contributed by atoms with E-state index in [2.05, 4.69) is 20.3 Å². The number of likely N-dealkylation sites (tertiary alicyclic amines) is 1. The molecule has 2 aromatic heterocycles. The fourth-order valence-electron chi connectivity index (χ4n) is 2.85. The monoisotopic (exact) mass is 327 g/mol. The molecule has 1 N–H and O–H groups in total. The van der Waals surface area contributed by atoms with E-state index in [9.17, 15) is 4.79 Å². The predicted molar refractivity (Wildman–Crippen MR) is 89.9 cm³/mol. The summed E-state index contributed by atoms with van der Waals surface area (Å²) in [6.07, 6.45) is 5.35. The lowest BCUT2D eigenvalue weighted by molar-refractivity contribution is -0.136. The smallest absolute Gasteiger partial charge is 0.249 e. The molecule has 3 heterocycles. The van der Waals surface area contributed by atoms with Gasteiger partial charge in [-0.1, -0.05) is 6.07 Å². The van der Waals surface area contributed by atoms with Crippen LogP contribution in [0.5, 0.6) is 0 Å². The molecule has 7 heteroatoms. The lowest BCUT2D eigenvalue weighted by Gasteiger charge is -2.24. The first-order valence-corrected chi connectivity index (χ1v) is 7.98. The molecule has 1 fully saturated rings. The van der Waals surface area contributed by atoms with Crippen LogP contribution in [0.25, 0.3) is 0 Å². The predicted octanol–water partition coefficient (Wildman–Crippen LogP) is 2.23. The lowest BCUT2D eigenvalue weighted by atomic mass is 10.1. The lowest BCUT2D eigenvalue weighted by Crippen LogP contribution is -2.33. The molecule has 1 saturated heterocycles. The Balaban J connectivity index is 1.77. The Labute approximate surface area is 141 Å². The number of aryl methyl sites for hydroxylation is 1. The number of carbonyl (C=O) groups is 1. The van der Waals surface area contributed by atoms with Crippen LogP contribution in [0.4, 0.5) is 11.8 Å². The molecule has 1 aliphatic heterocycles. The minimum atomic E-state index is -0.0258. The summed E-state index contributed by atoms with van der Waals surface area (Å²) < 4.78 is 4.97. The Morgan fingerprint density at radius 2 is 2.25 bits per heavy atom. The summed E-state index contributed by atoms with van der Waals surface area (Å²) in [6, 6.07) is 5.69. The van der Waals surface area contributed by atoms with Crippen LogP contribution in [0.15, 0.2) is 30.6 Å². The van der Waals surface area contributed by atoms with E-state index in [0.717, 1.165) is 30.6 Å². The summed E-state index contributed by atoms with van der Waals surface area (Å²) in [6.45, 7) is 2.82. The average molecular weight is 327 g/mol. The standard InChI is InChI=1S/C17H21N5O2/c1-12-5-6-15(19-10-12)21-17-18-8-7-13(20-17)14-4-3-9-22(14)16(23)11-24-2/h5-8,10,14H,3-4,9,11H2,1-2H3,(H,18,19,20,21)/t14-/m1/s1. The molecular formula is C17H21N5O2. The highest BCUT2D eigenvalue weighted by Gasteiger charge is 2.30. The Kier molecular flexibility index (Phi) is 5.00. The van der Waals surface area contributed by atoms with Crippen molar-refractivity contribution in [3.8, 4) is 0 Å². The molecule has 0 aromatic carbocycles. The Morgan fingerprint density at radius 3 is 3.00 bits per heavy atom. The van der Waals surface area contributed by atoms with Gasteiger partial charge in [-0.05, 0) is 37.5 Å². The van der Waals surface area contributed by atoms with Crippen molar-refractivity contribution < 1.29 is 9.53 Å². The van der Waals surface area contributed by atoms with Gasteiger partial charge in [-0.25, -0.2) is 15.0 Å². The van der Waals surface area contributed by atoms with Crippen LogP contribution in [0.2, 0.25) is 0 Å². The number of carbonyl (C=O) groups excluding carboxylic acids is 1. The normalized spacial score (nSPS) is 17.1. The Morgan fingerprint density at radius 1 is 1.38 bits per heavy atom. The number of rotatable bonds is 5. The van der Waals surface area contributed by atoms with E-state index in [1.54, 1.807) is 12.4 Å². The maximum absolute atomic E-state index is 12.2. The van der Waals surface area contributed by atoms with E-state index in [1.165, 1.54) is 7.11 Å². The molecule has 0 spiro atoms. The van der Waals surface area contributed by atoms with E-state index in [4.69, 9.17) is 4.74 Å². The van der Waals surface area contributed by atoms with Crippen molar-refractivity contribution in [2.45, 2.75) is 25.8 Å². The molecule has 126 valence electrons. The minimum absolute atomic E-state index is 0.00618. The van der Waals surface area contributed by atoms with Crippen LogP contribution in [0.1, 0.15) is 30.1 Å². The van der Waals surface area contributed by atoms with E-state index in [0.29, 0.717) is 11.8 Å². The summed E-state index contributed by atoms with van der Waals surface area (Å²) in [7, 11) is 1.53. The van der Waals surface area contributed by atoms with Gasteiger partial charge in [0, 0.05) is 26.0 Å². The molecular weight excluding hydrogens is 306 g/mol. The van der Waals surface area contributed by atoms with Crippen LogP contribution in [-0.4, -0.2) is 46.0 Å². The zero-order chi connectivity index (χ0) is 16.9. The molecule has 24 heavy (non-hydrogen) atoms. The number of hydrogen-bond donors (Lipinski definition) is 1. The van der Waals surface area contributed by atoms with Gasteiger partial charge in [0.2, 0.25) is 11.9 Å². The fraction of sp³-hybridized carbons (Fsp3) is 0.412. The minimum Gasteiger partial charge on any atom is -0.375 e. The topological polar surface area (TPSA) is 80.2 Å². The number of ether oxygens (including phenoxy) is 1. The highest BCUT2D eigenvalue weighted by Crippen LogP contribution is 2.31. The summed E-state index contributed by atoms with van der Waals surface area (Å²) in [5.74, 6) is 1.17. The summed E-state index contributed by atoms with van der Waals surface area (Å²) >= 11 is 0. The van der Waals surface area contributed by atoms with Gasteiger partial charge < -0.3 is 15.0 Å². The van der Waals surface area contributed by atoms with E-state index in [1.807, 2.05) is 30.0 Å². The number of pyridine rings is 1. The van der Waals surface area contributed by atoms with Gasteiger partial charge in [0.1, 0.15) is 12.4 Å². The van der Waals surface area contributed by atoms with Crippen molar-refractivity contribution in [3.05, 3.63) is 41.9 Å². The maximum atomic E-state index is 12.2. The molecule has 1 amide bonds. The third kappa shape index (κ3) is 3.68. The van der Waals surface area contributed by atoms with Crippen LogP contribution < -0.4 is 5.32 Å². The van der Waals surface area contributed by atoms with Gasteiger partial charge in [0.25, 0.3) is 0 Å². The number of amides is 1. The average Bonchev–Trinajstić information content (AvgIpc) is 3.07. The number of nitrogens with zero attached hydrogens (tertiary/aromatic N) is 4. The molecule has 1 aliphatic rings. The van der Waals surface area contributed by atoms with Crippen molar-refractivity contribution >= 4 is 17.7 Å². The third-order valence-electron chi connectivity index (χ3n) is 4.01. The molecule has 1 atom stereocenters. The van der Waals surface area contributed by atoms with Gasteiger partial charge in [0.05, 0.1) is 11.7 Å². The molecule has 0 radical (unpaired) electrons. The first-order valence-electron chi connectivity index (χ1n) is 7.98. The van der Waals surface area contributed by atoms with Gasteiger partial charge in [-0.2, -0.15) is 0 Å². The molecule has 2 aromatic rings. The van der Waals surface area contributed by atoms with Crippen molar-refractivity contribution in [1.29, 1.82) is 0 Å². The largest absolute Gasteiger partial charge is 0.375 e. The second kappa shape index (κ2) is 7.35. The number of aromatic nitrogens is 3. The molecule has 3 rings (SSSR count). The van der Waals surface area contributed by atoms with Gasteiger partial charge in [0.15, 0.2) is 0 Å². The molecule has 0 bridgehead atoms. The Hall–Kier alpha value is -2.54. The zero-order valence-corrected chi connectivity index (χ0v) is 13.9. The number of anilines is 2. The van der Waals surface area contributed by atoms with Crippen LogP contribution in [0.3, 0.4) is 0 Å². The molecule has 0 saturated carbocycles. The summed E-state index contributed by atoms with van der Waals surface area (Å²) in [4.78, 5) is 27.1. The van der Waals surface area contributed by atoms with Gasteiger partial charge in [-0.3, -0.25) is 4.79 Å². The third-order valence-corrected chi connectivity index (χ3v) is 4.01.